The number of ether oxygens (including phenoxy) is 2. The van der Waals surface area contributed by atoms with Crippen molar-refractivity contribution in [3.05, 3.63) is 34.3 Å². The zero-order valence-electron chi connectivity index (χ0n) is 9.77. The minimum absolute atomic E-state index is 0.218. The Labute approximate surface area is 110 Å². The number of benzene rings is 1. The first kappa shape index (κ1) is 13.0. The topological polar surface area (TPSA) is 44.5 Å². The van der Waals surface area contributed by atoms with Gasteiger partial charge in [0.1, 0.15) is 0 Å². The Morgan fingerprint density at radius 1 is 1.35 bits per heavy atom. The molecule has 0 amide bonds. The molecule has 1 aliphatic heterocycles. The van der Waals surface area contributed by atoms with E-state index in [1.807, 2.05) is 12.1 Å². The van der Waals surface area contributed by atoms with Gasteiger partial charge in [-0.3, -0.25) is 0 Å². The zero-order valence-corrected chi connectivity index (χ0v) is 11.4. The van der Waals surface area contributed by atoms with Crippen LogP contribution in [-0.4, -0.2) is 25.4 Å². The molecule has 2 unspecified atom stereocenters. The van der Waals surface area contributed by atoms with E-state index in [1.165, 1.54) is 5.56 Å². The average Bonchev–Trinajstić information content (AvgIpc) is 2.77. The minimum Gasteiger partial charge on any atom is -0.374 e. The molecule has 2 atom stereocenters. The van der Waals surface area contributed by atoms with Crippen molar-refractivity contribution in [2.45, 2.75) is 31.7 Å². The molecule has 94 valence electrons. The minimum atomic E-state index is 0.218. The number of hydrogen-bond donors (Lipinski definition) is 1. The molecule has 17 heavy (non-hydrogen) atoms. The largest absolute Gasteiger partial charge is 0.374 e. The average molecular weight is 300 g/mol. The molecule has 3 nitrogen and oxygen atoms in total. The summed E-state index contributed by atoms with van der Waals surface area (Å²) in [6, 6.07) is 8.15. The fraction of sp³-hybridized carbons (Fsp3) is 0.538. The van der Waals surface area contributed by atoms with E-state index >= 15 is 0 Å². The fourth-order valence-electron chi connectivity index (χ4n) is 2.01. The van der Waals surface area contributed by atoms with Crippen LogP contribution in [0.1, 0.15) is 18.4 Å². The van der Waals surface area contributed by atoms with Gasteiger partial charge in [0.25, 0.3) is 0 Å². The van der Waals surface area contributed by atoms with E-state index in [9.17, 15) is 0 Å². The van der Waals surface area contributed by atoms with Crippen LogP contribution >= 0.6 is 15.9 Å². The van der Waals surface area contributed by atoms with Crippen LogP contribution in [0.3, 0.4) is 0 Å². The predicted octanol–water partition coefficient (Wildman–Crippen LogP) is 2.47. The Balaban J connectivity index is 1.70. The maximum absolute atomic E-state index is 5.71. The summed E-state index contributed by atoms with van der Waals surface area (Å²) < 4.78 is 12.5. The summed E-state index contributed by atoms with van der Waals surface area (Å²) in [4.78, 5) is 0. The van der Waals surface area contributed by atoms with E-state index in [2.05, 4.69) is 28.1 Å². The van der Waals surface area contributed by atoms with Crippen molar-refractivity contribution in [3.8, 4) is 0 Å². The van der Waals surface area contributed by atoms with Gasteiger partial charge in [-0.15, -0.1) is 0 Å². The summed E-state index contributed by atoms with van der Waals surface area (Å²) in [6.45, 7) is 1.90. The SMILES string of the molecule is NCC1CCC(COCc2cccc(Br)c2)O1. The van der Waals surface area contributed by atoms with E-state index in [1.54, 1.807) is 0 Å². The lowest BCUT2D eigenvalue weighted by Gasteiger charge is -2.12. The van der Waals surface area contributed by atoms with Crippen LogP contribution in [0.4, 0.5) is 0 Å². The molecule has 0 saturated carbocycles. The van der Waals surface area contributed by atoms with Gasteiger partial charge in [0.15, 0.2) is 0 Å². The van der Waals surface area contributed by atoms with E-state index in [0.717, 1.165) is 17.3 Å². The van der Waals surface area contributed by atoms with Crippen molar-refractivity contribution >= 4 is 15.9 Å². The van der Waals surface area contributed by atoms with Crippen molar-refractivity contribution < 1.29 is 9.47 Å². The highest BCUT2D eigenvalue weighted by molar-refractivity contribution is 9.10. The summed E-state index contributed by atoms with van der Waals surface area (Å²) in [7, 11) is 0. The molecule has 2 N–H and O–H groups in total. The molecule has 1 aromatic carbocycles. The smallest absolute Gasteiger partial charge is 0.0814 e. The molecule has 0 spiro atoms. The lowest BCUT2D eigenvalue weighted by atomic mass is 10.2. The maximum Gasteiger partial charge on any atom is 0.0814 e. The zero-order chi connectivity index (χ0) is 12.1. The number of hydrogen-bond acceptors (Lipinski definition) is 3. The lowest BCUT2D eigenvalue weighted by Crippen LogP contribution is -2.22. The van der Waals surface area contributed by atoms with Crippen molar-refractivity contribution in [1.82, 2.24) is 0 Å². The molecule has 1 aliphatic rings. The molecule has 0 aliphatic carbocycles. The van der Waals surface area contributed by atoms with E-state index in [4.69, 9.17) is 15.2 Å². The summed E-state index contributed by atoms with van der Waals surface area (Å²) >= 11 is 3.44. The van der Waals surface area contributed by atoms with Gasteiger partial charge in [0.05, 0.1) is 25.4 Å². The Morgan fingerprint density at radius 2 is 2.18 bits per heavy atom. The van der Waals surface area contributed by atoms with Crippen molar-refractivity contribution in [3.63, 3.8) is 0 Å². The van der Waals surface area contributed by atoms with Gasteiger partial charge < -0.3 is 15.2 Å². The first-order valence-corrected chi connectivity index (χ1v) is 6.75. The molecule has 2 rings (SSSR count). The Kier molecular flexibility index (Phi) is 4.98. The van der Waals surface area contributed by atoms with Crippen LogP contribution in [0.15, 0.2) is 28.7 Å². The summed E-state index contributed by atoms with van der Waals surface area (Å²) in [5, 5.41) is 0. The van der Waals surface area contributed by atoms with Crippen LogP contribution in [0.25, 0.3) is 0 Å². The molecule has 1 fully saturated rings. The number of rotatable bonds is 5. The Morgan fingerprint density at radius 3 is 2.88 bits per heavy atom. The fourth-order valence-corrected chi connectivity index (χ4v) is 2.46. The molecule has 1 saturated heterocycles. The molecule has 1 aromatic rings. The highest BCUT2D eigenvalue weighted by atomic mass is 79.9. The first-order valence-electron chi connectivity index (χ1n) is 5.95. The molecule has 0 radical (unpaired) electrons. The third-order valence-electron chi connectivity index (χ3n) is 2.92. The van der Waals surface area contributed by atoms with Crippen LogP contribution in [0, 0.1) is 0 Å². The molecule has 0 bridgehead atoms. The molecule has 0 aromatic heterocycles. The van der Waals surface area contributed by atoms with Gasteiger partial charge in [0, 0.05) is 11.0 Å². The summed E-state index contributed by atoms with van der Waals surface area (Å²) in [5.41, 5.74) is 6.74. The highest BCUT2D eigenvalue weighted by Crippen LogP contribution is 2.19. The van der Waals surface area contributed by atoms with Crippen LogP contribution < -0.4 is 5.73 Å². The van der Waals surface area contributed by atoms with Crippen LogP contribution in [0.2, 0.25) is 0 Å². The maximum atomic E-state index is 5.71. The van der Waals surface area contributed by atoms with Gasteiger partial charge in [-0.05, 0) is 30.5 Å². The van der Waals surface area contributed by atoms with Crippen molar-refractivity contribution in [2.75, 3.05) is 13.2 Å². The van der Waals surface area contributed by atoms with Crippen molar-refractivity contribution in [2.24, 2.45) is 5.73 Å². The second kappa shape index (κ2) is 6.50. The Hall–Kier alpha value is -0.420. The molecule has 1 heterocycles. The van der Waals surface area contributed by atoms with E-state index < -0.39 is 0 Å². The monoisotopic (exact) mass is 299 g/mol. The van der Waals surface area contributed by atoms with Gasteiger partial charge in [-0.25, -0.2) is 0 Å². The Bertz CT molecular complexity index is 359. The molecular formula is C13H18BrNO2. The summed E-state index contributed by atoms with van der Waals surface area (Å²) in [6.07, 6.45) is 2.56. The normalized spacial score (nSPS) is 24.1. The van der Waals surface area contributed by atoms with Gasteiger partial charge in [-0.2, -0.15) is 0 Å². The number of nitrogens with two attached hydrogens (primary N) is 1. The molecule has 4 heteroatoms. The third kappa shape index (κ3) is 4.07. The van der Waals surface area contributed by atoms with Gasteiger partial charge >= 0.3 is 0 Å². The first-order chi connectivity index (χ1) is 8.28. The van der Waals surface area contributed by atoms with Gasteiger partial charge in [-0.1, -0.05) is 28.1 Å². The van der Waals surface area contributed by atoms with E-state index in [-0.39, 0.29) is 12.2 Å². The van der Waals surface area contributed by atoms with Crippen molar-refractivity contribution in [1.29, 1.82) is 0 Å². The quantitative estimate of drug-likeness (QED) is 0.908. The molecular weight excluding hydrogens is 282 g/mol. The van der Waals surface area contributed by atoms with Crippen LogP contribution in [0.5, 0.6) is 0 Å². The van der Waals surface area contributed by atoms with E-state index in [0.29, 0.717) is 19.8 Å². The highest BCUT2D eigenvalue weighted by Gasteiger charge is 2.23. The second-order valence-corrected chi connectivity index (χ2v) is 5.25. The third-order valence-corrected chi connectivity index (χ3v) is 3.41. The van der Waals surface area contributed by atoms with Gasteiger partial charge in [0.2, 0.25) is 0 Å². The standard InChI is InChI=1S/C13H18BrNO2/c14-11-3-1-2-10(6-11)8-16-9-13-5-4-12(7-15)17-13/h1-3,6,12-13H,4-5,7-9,15H2. The predicted molar refractivity (Wildman–Crippen MR) is 70.7 cm³/mol. The second-order valence-electron chi connectivity index (χ2n) is 4.34. The summed E-state index contributed by atoms with van der Waals surface area (Å²) in [5.74, 6) is 0. The number of halogens is 1. The lowest BCUT2D eigenvalue weighted by molar-refractivity contribution is -0.0168. The van der Waals surface area contributed by atoms with Crippen LogP contribution in [-0.2, 0) is 16.1 Å².